The second kappa shape index (κ2) is 6.01. The first-order chi connectivity index (χ1) is 10.3. The van der Waals surface area contributed by atoms with E-state index in [9.17, 15) is 4.79 Å². The van der Waals surface area contributed by atoms with Crippen LogP contribution in [0.2, 0.25) is 0 Å². The van der Waals surface area contributed by atoms with Crippen molar-refractivity contribution in [1.29, 1.82) is 0 Å². The molecule has 106 valence electrons. The summed E-state index contributed by atoms with van der Waals surface area (Å²) >= 11 is 5.29. The summed E-state index contributed by atoms with van der Waals surface area (Å²) in [6, 6.07) is 13.3. The fourth-order valence-corrected chi connectivity index (χ4v) is 2.65. The summed E-state index contributed by atoms with van der Waals surface area (Å²) in [5, 5.41) is 0.670. The Kier molecular flexibility index (Phi) is 3.92. The number of rotatable bonds is 4. The van der Waals surface area contributed by atoms with Crippen molar-refractivity contribution < 1.29 is 0 Å². The largest absolute Gasteiger partial charge is 0.332 e. The van der Waals surface area contributed by atoms with Crippen molar-refractivity contribution in [3.63, 3.8) is 0 Å². The molecular weight excluding hydrogens is 282 g/mol. The average Bonchev–Trinajstić information content (AvgIpc) is 2.51. The molecule has 0 saturated heterocycles. The topological polar surface area (TPSA) is 50.7 Å². The molecule has 1 N–H and O–H groups in total. The van der Waals surface area contributed by atoms with Crippen molar-refractivity contribution >= 4 is 23.1 Å². The Labute approximate surface area is 127 Å². The quantitative estimate of drug-likeness (QED) is 0.753. The van der Waals surface area contributed by atoms with Crippen LogP contribution in [0.3, 0.4) is 0 Å². The number of nitrogens with zero attached hydrogens (tertiary/aromatic N) is 2. The number of hydrogen-bond acceptors (Lipinski definition) is 3. The molecule has 1 aromatic carbocycles. The summed E-state index contributed by atoms with van der Waals surface area (Å²) in [5.41, 5.74) is 1.78. The monoisotopic (exact) mass is 297 g/mol. The number of benzene rings is 1. The van der Waals surface area contributed by atoms with Crippen molar-refractivity contribution in [2.45, 2.75) is 19.4 Å². The zero-order chi connectivity index (χ0) is 14.7. The van der Waals surface area contributed by atoms with E-state index in [1.165, 1.54) is 0 Å². The van der Waals surface area contributed by atoms with E-state index in [4.69, 9.17) is 12.2 Å². The Hall–Kier alpha value is -2.27. The predicted octanol–water partition coefficient (Wildman–Crippen LogP) is 3.09. The van der Waals surface area contributed by atoms with Gasteiger partial charge in [-0.15, -0.1) is 0 Å². The second-order valence-electron chi connectivity index (χ2n) is 4.86. The first-order valence-corrected chi connectivity index (χ1v) is 7.28. The standard InChI is InChI=1S/C16H15N3OS/c20-15-13-8-1-2-9-14(13)18-16(21)19(15)11-5-7-12-6-3-4-10-17-12/h1-4,6,8-10H,5,7,11H2,(H,18,21). The molecule has 0 atom stereocenters. The minimum atomic E-state index is -0.0321. The van der Waals surface area contributed by atoms with E-state index in [-0.39, 0.29) is 5.56 Å². The van der Waals surface area contributed by atoms with Crippen LogP contribution in [0.4, 0.5) is 0 Å². The average molecular weight is 297 g/mol. The van der Waals surface area contributed by atoms with Gasteiger partial charge in [-0.05, 0) is 49.3 Å². The predicted molar refractivity (Wildman–Crippen MR) is 86.0 cm³/mol. The molecule has 2 aromatic heterocycles. The number of pyridine rings is 1. The lowest BCUT2D eigenvalue weighted by atomic mass is 10.2. The number of aromatic amines is 1. The normalized spacial score (nSPS) is 10.9. The molecule has 0 unspecified atom stereocenters. The maximum Gasteiger partial charge on any atom is 0.262 e. The van der Waals surface area contributed by atoms with Gasteiger partial charge in [0.2, 0.25) is 0 Å². The van der Waals surface area contributed by atoms with Crippen molar-refractivity contribution in [2.24, 2.45) is 0 Å². The van der Waals surface area contributed by atoms with Crippen LogP contribution < -0.4 is 5.56 Å². The number of para-hydroxylation sites is 1. The summed E-state index contributed by atoms with van der Waals surface area (Å²) in [7, 11) is 0. The Balaban J connectivity index is 1.84. The van der Waals surface area contributed by atoms with E-state index < -0.39 is 0 Å². The smallest absolute Gasteiger partial charge is 0.262 e. The van der Waals surface area contributed by atoms with Crippen molar-refractivity contribution in [3.05, 3.63) is 69.5 Å². The molecular formula is C16H15N3OS. The summed E-state index contributed by atoms with van der Waals surface area (Å²) in [6.07, 6.45) is 3.44. The lowest BCUT2D eigenvalue weighted by Gasteiger charge is -2.07. The van der Waals surface area contributed by atoms with Gasteiger partial charge >= 0.3 is 0 Å². The molecule has 3 aromatic rings. The summed E-state index contributed by atoms with van der Waals surface area (Å²) < 4.78 is 2.10. The highest BCUT2D eigenvalue weighted by molar-refractivity contribution is 7.71. The molecule has 0 amide bonds. The SMILES string of the molecule is O=c1c2ccccc2[nH]c(=S)n1CCCc1ccccn1. The molecule has 0 bridgehead atoms. The lowest BCUT2D eigenvalue weighted by molar-refractivity contribution is 0.605. The van der Waals surface area contributed by atoms with Gasteiger partial charge in [0, 0.05) is 18.4 Å². The van der Waals surface area contributed by atoms with E-state index in [0.29, 0.717) is 16.7 Å². The van der Waals surface area contributed by atoms with Crippen LogP contribution in [-0.2, 0) is 13.0 Å². The van der Waals surface area contributed by atoms with Crippen LogP contribution in [0.5, 0.6) is 0 Å². The molecule has 0 aliphatic carbocycles. The fraction of sp³-hybridized carbons (Fsp3) is 0.188. The van der Waals surface area contributed by atoms with Crippen LogP contribution in [0.15, 0.2) is 53.5 Å². The third-order valence-electron chi connectivity index (χ3n) is 3.43. The van der Waals surface area contributed by atoms with Crippen molar-refractivity contribution in [3.8, 4) is 0 Å². The van der Waals surface area contributed by atoms with Gasteiger partial charge in [-0.3, -0.25) is 14.3 Å². The van der Waals surface area contributed by atoms with E-state index >= 15 is 0 Å². The van der Waals surface area contributed by atoms with Gasteiger partial charge in [0.15, 0.2) is 4.77 Å². The van der Waals surface area contributed by atoms with Gasteiger partial charge in [0.25, 0.3) is 5.56 Å². The number of aromatic nitrogens is 3. The number of hydrogen-bond donors (Lipinski definition) is 1. The zero-order valence-corrected chi connectivity index (χ0v) is 12.3. The zero-order valence-electron chi connectivity index (χ0n) is 11.5. The summed E-state index contributed by atoms with van der Waals surface area (Å²) in [4.78, 5) is 19.8. The third kappa shape index (κ3) is 2.92. The molecule has 0 aliphatic rings. The molecule has 5 heteroatoms. The van der Waals surface area contributed by atoms with Crippen LogP contribution in [0, 0.1) is 4.77 Å². The lowest BCUT2D eigenvalue weighted by Crippen LogP contribution is -2.22. The van der Waals surface area contributed by atoms with Gasteiger partial charge < -0.3 is 4.98 Å². The Bertz CT molecular complexity index is 868. The van der Waals surface area contributed by atoms with Crippen molar-refractivity contribution in [1.82, 2.24) is 14.5 Å². The van der Waals surface area contributed by atoms with Gasteiger partial charge in [-0.2, -0.15) is 0 Å². The minimum absolute atomic E-state index is 0.0321. The molecule has 2 heterocycles. The van der Waals surface area contributed by atoms with Gasteiger partial charge in [-0.1, -0.05) is 18.2 Å². The minimum Gasteiger partial charge on any atom is -0.332 e. The summed E-state index contributed by atoms with van der Waals surface area (Å²) in [6.45, 7) is 0.593. The molecule has 3 rings (SSSR count). The third-order valence-corrected chi connectivity index (χ3v) is 3.75. The molecule has 0 saturated carbocycles. The van der Waals surface area contributed by atoms with Crippen LogP contribution >= 0.6 is 12.2 Å². The molecule has 0 fully saturated rings. The fourth-order valence-electron chi connectivity index (χ4n) is 2.37. The molecule has 0 aliphatic heterocycles. The molecule has 0 radical (unpaired) electrons. The summed E-state index contributed by atoms with van der Waals surface area (Å²) in [5.74, 6) is 0. The van der Waals surface area contributed by atoms with E-state index in [1.807, 2.05) is 42.5 Å². The van der Waals surface area contributed by atoms with Crippen LogP contribution in [0.25, 0.3) is 10.9 Å². The maximum atomic E-state index is 12.5. The molecule has 21 heavy (non-hydrogen) atoms. The Morgan fingerprint density at radius 1 is 1.14 bits per heavy atom. The Morgan fingerprint density at radius 2 is 1.95 bits per heavy atom. The van der Waals surface area contributed by atoms with Gasteiger partial charge in [-0.25, -0.2) is 0 Å². The van der Waals surface area contributed by atoms with E-state index in [2.05, 4.69) is 9.97 Å². The van der Waals surface area contributed by atoms with Gasteiger partial charge in [0.1, 0.15) is 0 Å². The van der Waals surface area contributed by atoms with Gasteiger partial charge in [0.05, 0.1) is 10.9 Å². The van der Waals surface area contributed by atoms with Crippen molar-refractivity contribution in [2.75, 3.05) is 0 Å². The first-order valence-electron chi connectivity index (χ1n) is 6.87. The first kappa shape index (κ1) is 13.7. The van der Waals surface area contributed by atoms with Crippen LogP contribution in [-0.4, -0.2) is 14.5 Å². The highest BCUT2D eigenvalue weighted by Gasteiger charge is 2.05. The maximum absolute atomic E-state index is 12.5. The number of nitrogens with one attached hydrogen (secondary N) is 1. The van der Waals surface area contributed by atoms with E-state index in [1.54, 1.807) is 10.8 Å². The van der Waals surface area contributed by atoms with E-state index in [0.717, 1.165) is 24.1 Å². The number of fused-ring (bicyclic) bond motifs is 1. The highest BCUT2D eigenvalue weighted by Crippen LogP contribution is 2.07. The Morgan fingerprint density at radius 3 is 2.76 bits per heavy atom. The molecule has 0 spiro atoms. The number of aryl methyl sites for hydroxylation is 1. The second-order valence-corrected chi connectivity index (χ2v) is 5.24. The highest BCUT2D eigenvalue weighted by atomic mass is 32.1. The molecule has 4 nitrogen and oxygen atoms in total. The number of H-pyrrole nitrogens is 1. The van der Waals surface area contributed by atoms with Crippen LogP contribution in [0.1, 0.15) is 12.1 Å².